The number of fused-ring (bicyclic) bond motifs is 4. The van der Waals surface area contributed by atoms with E-state index in [-0.39, 0.29) is 11.3 Å². The van der Waals surface area contributed by atoms with Crippen molar-refractivity contribution in [3.63, 3.8) is 0 Å². The lowest BCUT2D eigenvalue weighted by atomic mass is 9.86. The highest BCUT2D eigenvalue weighted by Gasteiger charge is 2.25. The van der Waals surface area contributed by atoms with Gasteiger partial charge < -0.3 is 9.84 Å². The van der Waals surface area contributed by atoms with Crippen LogP contribution in [-0.2, 0) is 25.7 Å². The molecule has 4 nitrogen and oxygen atoms in total. The fourth-order valence-corrected chi connectivity index (χ4v) is 10.0. The first-order valence-electron chi connectivity index (χ1n) is 24.8. The molecule has 0 heterocycles. The van der Waals surface area contributed by atoms with Crippen molar-refractivity contribution in [2.75, 3.05) is 0 Å². The number of carbonyl (C=O) groups is 2. The van der Waals surface area contributed by atoms with Crippen LogP contribution in [0.3, 0.4) is 0 Å². The average molecular weight is 835 g/mol. The summed E-state index contributed by atoms with van der Waals surface area (Å²) < 4.78 is 6.57. The molecule has 6 rings (SSSR count). The van der Waals surface area contributed by atoms with E-state index in [1.54, 1.807) is 6.07 Å². The molecule has 0 fully saturated rings. The molecule has 6 aromatic rings. The minimum Gasteiger partial charge on any atom is -0.478 e. The number of hydrogen-bond acceptors (Lipinski definition) is 3. The fourth-order valence-electron chi connectivity index (χ4n) is 10.0. The smallest absolute Gasteiger partial charge is 0.343 e. The molecule has 0 spiro atoms. The molecule has 0 saturated heterocycles. The monoisotopic (exact) mass is 835 g/mol. The first-order valence-corrected chi connectivity index (χ1v) is 24.8. The number of hydrogen-bond donors (Lipinski definition) is 1. The van der Waals surface area contributed by atoms with Gasteiger partial charge in [0.1, 0.15) is 5.56 Å². The van der Waals surface area contributed by atoms with E-state index in [1.165, 1.54) is 128 Å². The largest absolute Gasteiger partial charge is 0.478 e. The van der Waals surface area contributed by atoms with Gasteiger partial charge in [-0.2, -0.15) is 0 Å². The maximum atomic E-state index is 14.8. The third-order valence-corrected chi connectivity index (χ3v) is 13.4. The Hall–Kier alpha value is -4.70. The van der Waals surface area contributed by atoms with Crippen molar-refractivity contribution in [1.82, 2.24) is 0 Å². The molecule has 330 valence electrons. The zero-order valence-corrected chi connectivity index (χ0v) is 38.6. The fraction of sp³-hybridized carbons (Fsp3) is 0.483. The Morgan fingerprint density at radius 3 is 1.24 bits per heavy atom. The number of benzene rings is 6. The summed E-state index contributed by atoms with van der Waals surface area (Å²) in [4.78, 5) is 27.9. The molecule has 0 aliphatic heterocycles. The van der Waals surface area contributed by atoms with Gasteiger partial charge in [-0.1, -0.05) is 191 Å². The van der Waals surface area contributed by atoms with E-state index in [9.17, 15) is 14.7 Å². The van der Waals surface area contributed by atoms with Crippen molar-refractivity contribution in [2.24, 2.45) is 0 Å². The first-order chi connectivity index (χ1) is 30.4. The van der Waals surface area contributed by atoms with E-state index in [2.05, 4.69) is 88.4 Å². The van der Waals surface area contributed by atoms with Crippen LogP contribution in [0.4, 0.5) is 0 Å². The highest BCUT2D eigenvalue weighted by molar-refractivity contribution is 6.13. The van der Waals surface area contributed by atoms with E-state index >= 15 is 0 Å². The molecule has 6 aromatic carbocycles. The van der Waals surface area contributed by atoms with Gasteiger partial charge >= 0.3 is 11.9 Å². The van der Waals surface area contributed by atoms with E-state index < -0.39 is 11.9 Å². The Kier molecular flexibility index (Phi) is 18.3. The summed E-state index contributed by atoms with van der Waals surface area (Å²) in [5.41, 5.74) is 5.47. The Morgan fingerprint density at radius 2 is 0.790 bits per heavy atom. The maximum absolute atomic E-state index is 14.8. The van der Waals surface area contributed by atoms with Gasteiger partial charge in [0, 0.05) is 5.39 Å². The summed E-state index contributed by atoms with van der Waals surface area (Å²) >= 11 is 0. The number of carboxylic acid groups (broad SMARTS) is 1. The molecular formula is C58H74O4. The van der Waals surface area contributed by atoms with Crippen LogP contribution < -0.4 is 4.74 Å². The minimum atomic E-state index is -1.09. The Morgan fingerprint density at radius 1 is 0.419 bits per heavy atom. The lowest BCUT2D eigenvalue weighted by molar-refractivity contribution is 0.0682. The van der Waals surface area contributed by atoms with Crippen LogP contribution in [0.5, 0.6) is 5.75 Å². The van der Waals surface area contributed by atoms with Gasteiger partial charge in [0.05, 0.1) is 5.56 Å². The van der Waals surface area contributed by atoms with Crippen molar-refractivity contribution in [1.29, 1.82) is 0 Å². The summed E-state index contributed by atoms with van der Waals surface area (Å²) in [6.07, 6.45) is 27.1. The highest BCUT2D eigenvalue weighted by atomic mass is 16.5. The van der Waals surface area contributed by atoms with Crippen molar-refractivity contribution < 1.29 is 19.4 Å². The lowest BCUT2D eigenvalue weighted by Crippen LogP contribution is -2.13. The molecule has 0 aromatic heterocycles. The van der Waals surface area contributed by atoms with E-state index in [0.29, 0.717) is 5.56 Å². The molecule has 4 heteroatoms. The lowest BCUT2D eigenvalue weighted by Gasteiger charge is -2.21. The summed E-state index contributed by atoms with van der Waals surface area (Å²) in [5, 5.41) is 19.9. The van der Waals surface area contributed by atoms with E-state index in [0.717, 1.165) is 91.3 Å². The minimum absolute atomic E-state index is 0.0344. The molecule has 0 aliphatic rings. The topological polar surface area (TPSA) is 63.6 Å². The molecule has 0 saturated carbocycles. The quantitative estimate of drug-likeness (QED) is 0.0243. The zero-order chi connectivity index (χ0) is 43.7. The summed E-state index contributed by atoms with van der Waals surface area (Å²) in [7, 11) is 0. The number of aromatic carboxylic acids is 1. The number of rotatable bonds is 27. The molecule has 62 heavy (non-hydrogen) atoms. The van der Waals surface area contributed by atoms with Gasteiger partial charge in [-0.05, 0) is 130 Å². The zero-order valence-electron chi connectivity index (χ0n) is 38.6. The van der Waals surface area contributed by atoms with Crippen molar-refractivity contribution >= 4 is 55.0 Å². The van der Waals surface area contributed by atoms with Gasteiger partial charge in [-0.25, -0.2) is 9.59 Å². The third-order valence-electron chi connectivity index (χ3n) is 13.4. The molecule has 0 aliphatic carbocycles. The number of ether oxygens (including phenoxy) is 1. The van der Waals surface area contributed by atoms with Crippen LogP contribution in [0.25, 0.3) is 43.1 Å². The molecule has 0 bridgehead atoms. The SMILES string of the molecule is CCCCCCCc1c2ccccc2c(CCCCCCC)c2cc(C(=O)Oc3c(C(=O)O)ccc4c(CCCCCCC)c5ccccc5c(CCCCCCC)c34)ccc12. The Bertz CT molecular complexity index is 2400. The number of carboxylic acids is 1. The van der Waals surface area contributed by atoms with Gasteiger partial charge in [-0.15, -0.1) is 0 Å². The molecule has 1 N–H and O–H groups in total. The Balaban J connectivity index is 1.49. The van der Waals surface area contributed by atoms with E-state index in [4.69, 9.17) is 4.74 Å². The number of esters is 1. The van der Waals surface area contributed by atoms with Crippen LogP contribution in [-0.4, -0.2) is 17.0 Å². The van der Waals surface area contributed by atoms with Crippen LogP contribution in [0.15, 0.2) is 78.9 Å². The standard InChI is InChI=1S/C58H74O4/c1-5-9-13-17-21-29-45-43-32-25-26-33-44(43)49(31-23-19-15-11-7-3)54-41-42(37-38-50(45)54)58(61)62-56-53(57(59)60)40-39-52-48(30-22-18-14-10-6-2)46-34-27-28-35-47(46)51(55(52)56)36-24-20-16-12-8-4/h25-28,32-35,37-41H,5-24,29-31,36H2,1-4H3,(H,59,60). The molecular weight excluding hydrogens is 761 g/mol. The predicted molar refractivity (Wildman–Crippen MR) is 265 cm³/mol. The van der Waals surface area contributed by atoms with Gasteiger partial charge in [0.25, 0.3) is 0 Å². The van der Waals surface area contributed by atoms with Crippen molar-refractivity contribution in [3.05, 3.63) is 112 Å². The predicted octanol–water partition coefficient (Wildman–Crippen LogP) is 17.3. The third kappa shape index (κ3) is 11.5. The number of carbonyl (C=O) groups excluding carboxylic acids is 1. The normalized spacial score (nSPS) is 11.7. The second-order valence-electron chi connectivity index (χ2n) is 18.0. The molecule has 0 atom stereocenters. The van der Waals surface area contributed by atoms with Gasteiger partial charge in [-0.3, -0.25) is 0 Å². The number of unbranched alkanes of at least 4 members (excludes halogenated alkanes) is 16. The summed E-state index contributed by atoms with van der Waals surface area (Å²) in [5.74, 6) is -1.41. The maximum Gasteiger partial charge on any atom is 0.343 e. The Labute approximate surface area is 372 Å². The van der Waals surface area contributed by atoms with Crippen LogP contribution in [0.1, 0.15) is 199 Å². The first kappa shape index (κ1) is 46.8. The van der Waals surface area contributed by atoms with Crippen LogP contribution >= 0.6 is 0 Å². The van der Waals surface area contributed by atoms with Crippen molar-refractivity contribution in [2.45, 2.75) is 182 Å². The second-order valence-corrected chi connectivity index (χ2v) is 18.0. The highest BCUT2D eigenvalue weighted by Crippen LogP contribution is 2.43. The van der Waals surface area contributed by atoms with Crippen LogP contribution in [0.2, 0.25) is 0 Å². The summed E-state index contributed by atoms with van der Waals surface area (Å²) in [6.45, 7) is 8.99. The molecule has 0 radical (unpaired) electrons. The summed E-state index contributed by atoms with van der Waals surface area (Å²) in [6, 6.07) is 27.3. The van der Waals surface area contributed by atoms with Crippen molar-refractivity contribution in [3.8, 4) is 5.75 Å². The second kappa shape index (κ2) is 24.2. The van der Waals surface area contributed by atoms with Crippen LogP contribution in [0, 0.1) is 0 Å². The average Bonchev–Trinajstić information content (AvgIpc) is 3.29. The van der Waals surface area contributed by atoms with Gasteiger partial charge in [0.15, 0.2) is 5.75 Å². The molecule has 0 unspecified atom stereocenters. The van der Waals surface area contributed by atoms with E-state index in [1.807, 2.05) is 12.1 Å². The number of aryl methyl sites for hydroxylation is 4. The van der Waals surface area contributed by atoms with Gasteiger partial charge in [0.2, 0.25) is 0 Å². The molecule has 0 amide bonds.